The molecule has 1 aliphatic carbocycles. The van der Waals surface area contributed by atoms with Crippen LogP contribution in [0.4, 0.5) is 0 Å². The van der Waals surface area contributed by atoms with Crippen LogP contribution < -0.4 is 5.73 Å². The molecule has 2 rings (SSSR count). The van der Waals surface area contributed by atoms with E-state index in [0.29, 0.717) is 25.4 Å². The topological polar surface area (TPSA) is 66.6 Å². The lowest BCUT2D eigenvalue weighted by Gasteiger charge is -2.39. The van der Waals surface area contributed by atoms with E-state index in [1.807, 2.05) is 0 Å². The highest BCUT2D eigenvalue weighted by atomic mass is 16.3. The van der Waals surface area contributed by atoms with Gasteiger partial charge in [0.25, 0.3) is 0 Å². The van der Waals surface area contributed by atoms with Gasteiger partial charge in [-0.25, -0.2) is 0 Å². The second kappa shape index (κ2) is 3.51. The predicted octanol–water partition coefficient (Wildman–Crippen LogP) is -0.291. The summed E-state index contributed by atoms with van der Waals surface area (Å²) in [5, 5.41) is 9.92. The number of hydrogen-bond acceptors (Lipinski definition) is 3. The van der Waals surface area contributed by atoms with E-state index in [0.717, 1.165) is 25.8 Å². The minimum Gasteiger partial charge on any atom is -0.388 e. The summed E-state index contributed by atoms with van der Waals surface area (Å²) in [5.41, 5.74) is 4.94. The maximum absolute atomic E-state index is 11.5. The molecule has 1 saturated carbocycles. The van der Waals surface area contributed by atoms with Crippen LogP contribution in [-0.4, -0.2) is 41.1 Å². The quantitative estimate of drug-likeness (QED) is 0.655. The van der Waals surface area contributed by atoms with Gasteiger partial charge in [-0.05, 0) is 31.7 Å². The third kappa shape index (κ3) is 1.77. The molecule has 1 amide bonds. The van der Waals surface area contributed by atoms with E-state index in [4.69, 9.17) is 5.73 Å². The van der Waals surface area contributed by atoms with E-state index in [1.165, 1.54) is 0 Å². The van der Waals surface area contributed by atoms with Crippen molar-refractivity contribution in [3.63, 3.8) is 0 Å². The Balaban J connectivity index is 1.89. The van der Waals surface area contributed by atoms with Crippen molar-refractivity contribution in [2.45, 2.75) is 31.3 Å². The van der Waals surface area contributed by atoms with Gasteiger partial charge in [0.15, 0.2) is 0 Å². The van der Waals surface area contributed by atoms with Crippen LogP contribution >= 0.6 is 0 Å². The van der Waals surface area contributed by atoms with Crippen molar-refractivity contribution in [3.05, 3.63) is 0 Å². The van der Waals surface area contributed by atoms with Crippen molar-refractivity contribution < 1.29 is 9.90 Å². The van der Waals surface area contributed by atoms with Crippen LogP contribution in [0.2, 0.25) is 0 Å². The number of nitrogens with zero attached hydrogens (tertiary/aromatic N) is 1. The number of carbonyl (C=O) groups excluding carboxylic acids is 1. The highest BCUT2D eigenvalue weighted by molar-refractivity contribution is 5.78. The lowest BCUT2D eigenvalue weighted by atomic mass is 9.80. The molecule has 2 aliphatic rings. The van der Waals surface area contributed by atoms with Crippen LogP contribution in [0, 0.1) is 5.92 Å². The fourth-order valence-corrected chi connectivity index (χ4v) is 2.26. The van der Waals surface area contributed by atoms with Gasteiger partial charge in [0.1, 0.15) is 0 Å². The van der Waals surface area contributed by atoms with Crippen LogP contribution in [0.25, 0.3) is 0 Å². The maximum Gasteiger partial charge on any atom is 0.223 e. The zero-order valence-electron chi connectivity index (χ0n) is 8.41. The SMILES string of the molecule is NCC1CC(=O)N(CC2(O)CCC2)C1. The summed E-state index contributed by atoms with van der Waals surface area (Å²) in [6.07, 6.45) is 3.32. The Hall–Kier alpha value is -0.610. The number of rotatable bonds is 3. The molecule has 0 aromatic rings. The predicted molar refractivity (Wildman–Crippen MR) is 52.5 cm³/mol. The Morgan fingerprint density at radius 1 is 1.57 bits per heavy atom. The molecule has 0 bridgehead atoms. The van der Waals surface area contributed by atoms with Gasteiger partial charge in [-0.3, -0.25) is 4.79 Å². The largest absolute Gasteiger partial charge is 0.388 e. The lowest BCUT2D eigenvalue weighted by Crippen LogP contribution is -2.48. The summed E-state index contributed by atoms with van der Waals surface area (Å²) >= 11 is 0. The molecule has 0 aromatic heterocycles. The monoisotopic (exact) mass is 198 g/mol. The minimum absolute atomic E-state index is 0.153. The normalized spacial score (nSPS) is 30.6. The molecule has 4 heteroatoms. The highest BCUT2D eigenvalue weighted by Crippen LogP contribution is 2.33. The second-order valence-electron chi connectivity index (χ2n) is 4.66. The molecule has 14 heavy (non-hydrogen) atoms. The van der Waals surface area contributed by atoms with Gasteiger partial charge in [-0.15, -0.1) is 0 Å². The van der Waals surface area contributed by atoms with Crippen molar-refractivity contribution in [2.75, 3.05) is 19.6 Å². The zero-order chi connectivity index (χ0) is 10.2. The maximum atomic E-state index is 11.5. The molecule has 1 atom stereocenters. The standard InChI is InChI=1S/C10H18N2O2/c11-5-8-4-9(13)12(6-8)7-10(14)2-1-3-10/h8,14H,1-7,11H2. The average Bonchev–Trinajstić information content (AvgIpc) is 2.45. The third-order valence-electron chi connectivity index (χ3n) is 3.40. The molecule has 2 fully saturated rings. The summed E-state index contributed by atoms with van der Waals surface area (Å²) in [6.45, 7) is 1.82. The fraction of sp³-hybridized carbons (Fsp3) is 0.900. The van der Waals surface area contributed by atoms with E-state index in [2.05, 4.69) is 0 Å². The van der Waals surface area contributed by atoms with Gasteiger partial charge in [-0.2, -0.15) is 0 Å². The van der Waals surface area contributed by atoms with Crippen LogP contribution in [0.3, 0.4) is 0 Å². The number of likely N-dealkylation sites (tertiary alicyclic amines) is 1. The molecule has 1 unspecified atom stereocenters. The van der Waals surface area contributed by atoms with Gasteiger partial charge in [0.2, 0.25) is 5.91 Å². The molecular weight excluding hydrogens is 180 g/mol. The van der Waals surface area contributed by atoms with Crippen LogP contribution in [-0.2, 0) is 4.79 Å². The zero-order valence-corrected chi connectivity index (χ0v) is 8.41. The Kier molecular flexibility index (Phi) is 2.49. The fourth-order valence-electron chi connectivity index (χ4n) is 2.26. The molecule has 1 heterocycles. The number of nitrogens with two attached hydrogens (primary N) is 1. The van der Waals surface area contributed by atoms with Crippen molar-refractivity contribution in [1.29, 1.82) is 0 Å². The van der Waals surface area contributed by atoms with E-state index in [9.17, 15) is 9.90 Å². The Bertz CT molecular complexity index is 238. The van der Waals surface area contributed by atoms with Crippen molar-refractivity contribution in [2.24, 2.45) is 11.7 Å². The van der Waals surface area contributed by atoms with Crippen LogP contribution in [0.1, 0.15) is 25.7 Å². The first-order valence-corrected chi connectivity index (χ1v) is 5.33. The average molecular weight is 198 g/mol. The van der Waals surface area contributed by atoms with Gasteiger partial charge >= 0.3 is 0 Å². The summed E-state index contributed by atoms with van der Waals surface area (Å²) in [6, 6.07) is 0. The number of β-amino-alcohol motifs (C(OH)–C–C–N with tert-alkyl or cyclic N) is 1. The molecule has 0 radical (unpaired) electrons. The lowest BCUT2D eigenvalue weighted by molar-refractivity contribution is -0.133. The minimum atomic E-state index is -0.584. The molecule has 0 spiro atoms. The van der Waals surface area contributed by atoms with Gasteiger partial charge in [-0.1, -0.05) is 0 Å². The smallest absolute Gasteiger partial charge is 0.223 e. The molecular formula is C10H18N2O2. The summed E-state index contributed by atoms with van der Waals surface area (Å²) in [5.74, 6) is 0.451. The first-order chi connectivity index (χ1) is 6.63. The Labute approximate surface area is 84.1 Å². The summed E-state index contributed by atoms with van der Waals surface area (Å²) < 4.78 is 0. The Morgan fingerprint density at radius 3 is 2.71 bits per heavy atom. The molecule has 1 aliphatic heterocycles. The number of carbonyl (C=O) groups is 1. The molecule has 0 aromatic carbocycles. The van der Waals surface area contributed by atoms with Gasteiger partial charge in [0, 0.05) is 19.5 Å². The van der Waals surface area contributed by atoms with Crippen LogP contribution in [0.5, 0.6) is 0 Å². The van der Waals surface area contributed by atoms with Crippen LogP contribution in [0.15, 0.2) is 0 Å². The number of aliphatic hydroxyl groups is 1. The highest BCUT2D eigenvalue weighted by Gasteiger charge is 2.40. The van der Waals surface area contributed by atoms with Crippen molar-refractivity contribution in [3.8, 4) is 0 Å². The first kappa shape index (κ1) is 9.93. The molecule has 4 nitrogen and oxygen atoms in total. The van der Waals surface area contributed by atoms with Gasteiger partial charge in [0.05, 0.1) is 5.60 Å². The van der Waals surface area contributed by atoms with Crippen molar-refractivity contribution in [1.82, 2.24) is 4.90 Å². The summed E-state index contributed by atoms with van der Waals surface area (Å²) in [7, 11) is 0. The summed E-state index contributed by atoms with van der Waals surface area (Å²) in [4.78, 5) is 13.3. The third-order valence-corrected chi connectivity index (χ3v) is 3.40. The van der Waals surface area contributed by atoms with E-state index in [1.54, 1.807) is 4.90 Å². The molecule has 3 N–H and O–H groups in total. The van der Waals surface area contributed by atoms with E-state index in [-0.39, 0.29) is 5.91 Å². The second-order valence-corrected chi connectivity index (χ2v) is 4.66. The number of amides is 1. The van der Waals surface area contributed by atoms with Crippen molar-refractivity contribution >= 4 is 5.91 Å². The Morgan fingerprint density at radius 2 is 2.29 bits per heavy atom. The molecule has 1 saturated heterocycles. The van der Waals surface area contributed by atoms with E-state index < -0.39 is 5.60 Å². The molecule has 80 valence electrons. The first-order valence-electron chi connectivity index (χ1n) is 5.33. The number of hydrogen-bond donors (Lipinski definition) is 2. The van der Waals surface area contributed by atoms with E-state index >= 15 is 0 Å². The van der Waals surface area contributed by atoms with Gasteiger partial charge < -0.3 is 15.7 Å².